The monoisotopic (exact) mass is 508 g/mol. The first-order valence-corrected chi connectivity index (χ1v) is 14.2. The lowest BCUT2D eigenvalue weighted by Crippen LogP contribution is -1.95. The van der Waals surface area contributed by atoms with E-state index in [0.29, 0.717) is 11.5 Å². The van der Waals surface area contributed by atoms with Crippen molar-refractivity contribution in [1.29, 1.82) is 0 Å². The number of unbranched alkanes of at least 4 members (excludes halogenated alkanes) is 6. The minimum atomic E-state index is 0.316. The Labute approximate surface area is 227 Å². The lowest BCUT2D eigenvalue weighted by atomic mass is 10.00. The third kappa shape index (κ3) is 6.80. The number of rotatable bonds is 13. The molecule has 38 heavy (non-hydrogen) atoms. The highest BCUT2D eigenvalue weighted by atomic mass is 16.3. The SMILES string of the molecule is CCCCCCc1cccc(-c2cccc(-c3cccc(-c4cccc(CCCCCC)c4O)n3)n2)c1O. The number of hydrogen-bond donors (Lipinski definition) is 2. The number of nitrogens with zero attached hydrogens (tertiary/aromatic N) is 2. The largest absolute Gasteiger partial charge is 0.507 e. The molecular formula is C34H40N2O2. The van der Waals surface area contributed by atoms with Crippen LogP contribution in [-0.2, 0) is 12.8 Å². The van der Waals surface area contributed by atoms with Crippen LogP contribution in [0.25, 0.3) is 33.9 Å². The first-order chi connectivity index (χ1) is 18.6. The first kappa shape index (κ1) is 27.4. The summed E-state index contributed by atoms with van der Waals surface area (Å²) < 4.78 is 0. The molecule has 4 rings (SSSR count). The number of aromatic hydroxyl groups is 2. The number of benzene rings is 2. The van der Waals surface area contributed by atoms with Crippen molar-refractivity contribution in [2.45, 2.75) is 78.1 Å². The second-order valence-electron chi connectivity index (χ2n) is 10.1. The van der Waals surface area contributed by atoms with Gasteiger partial charge in [-0.1, -0.05) is 88.8 Å². The van der Waals surface area contributed by atoms with Gasteiger partial charge in [0.2, 0.25) is 0 Å². The average molecular weight is 509 g/mol. The van der Waals surface area contributed by atoms with Gasteiger partial charge >= 0.3 is 0 Å². The third-order valence-electron chi connectivity index (χ3n) is 7.15. The van der Waals surface area contributed by atoms with Gasteiger partial charge in [-0.25, -0.2) is 9.97 Å². The molecule has 0 amide bonds. The van der Waals surface area contributed by atoms with Gasteiger partial charge < -0.3 is 10.2 Å². The van der Waals surface area contributed by atoms with Crippen LogP contribution in [0.4, 0.5) is 0 Å². The predicted molar refractivity (Wildman–Crippen MR) is 157 cm³/mol. The average Bonchev–Trinajstić information content (AvgIpc) is 2.95. The van der Waals surface area contributed by atoms with Crippen LogP contribution in [0.5, 0.6) is 11.5 Å². The zero-order valence-electron chi connectivity index (χ0n) is 22.8. The third-order valence-corrected chi connectivity index (χ3v) is 7.15. The predicted octanol–water partition coefficient (Wildman–Crippen LogP) is 9.13. The van der Waals surface area contributed by atoms with Crippen LogP contribution < -0.4 is 0 Å². The van der Waals surface area contributed by atoms with Crippen LogP contribution in [0.1, 0.15) is 76.3 Å². The molecule has 0 fully saturated rings. The van der Waals surface area contributed by atoms with Gasteiger partial charge in [0.1, 0.15) is 11.5 Å². The van der Waals surface area contributed by atoms with E-state index < -0.39 is 0 Å². The van der Waals surface area contributed by atoms with Crippen LogP contribution >= 0.6 is 0 Å². The van der Waals surface area contributed by atoms with Crippen LogP contribution in [0.15, 0.2) is 72.8 Å². The smallest absolute Gasteiger partial charge is 0.128 e. The fraction of sp³-hybridized carbons (Fsp3) is 0.353. The van der Waals surface area contributed by atoms with E-state index in [0.717, 1.165) is 70.7 Å². The van der Waals surface area contributed by atoms with E-state index in [4.69, 9.17) is 9.97 Å². The number of phenolic OH excluding ortho intramolecular Hbond substituents is 2. The van der Waals surface area contributed by atoms with E-state index >= 15 is 0 Å². The Kier molecular flexibility index (Phi) is 9.91. The van der Waals surface area contributed by atoms with E-state index in [1.165, 1.54) is 38.5 Å². The van der Waals surface area contributed by atoms with E-state index in [-0.39, 0.29) is 0 Å². The topological polar surface area (TPSA) is 66.2 Å². The Hall–Kier alpha value is -3.66. The molecule has 4 aromatic rings. The molecule has 2 heterocycles. The standard InChI is InChI=1S/C34H40N2O2/c1-3-5-7-9-15-25-17-11-19-27(33(25)37)29-21-13-23-31(35-29)32-24-14-22-30(36-32)28-20-12-18-26(34(28)38)16-10-8-6-4-2/h11-14,17-24,37-38H,3-10,15-16H2,1-2H3. The molecule has 4 heteroatoms. The molecule has 0 atom stereocenters. The summed E-state index contributed by atoms with van der Waals surface area (Å²) in [5.41, 5.74) is 6.32. The van der Waals surface area contributed by atoms with Crippen molar-refractivity contribution in [3.05, 3.63) is 83.9 Å². The highest BCUT2D eigenvalue weighted by Crippen LogP contribution is 2.35. The van der Waals surface area contributed by atoms with Gasteiger partial charge in [-0.05, 0) is 73.2 Å². The van der Waals surface area contributed by atoms with E-state index in [1.54, 1.807) is 0 Å². The van der Waals surface area contributed by atoms with Gasteiger partial charge in [-0.2, -0.15) is 0 Å². The summed E-state index contributed by atoms with van der Waals surface area (Å²) in [6.45, 7) is 4.41. The summed E-state index contributed by atoms with van der Waals surface area (Å²) in [4.78, 5) is 9.75. The van der Waals surface area contributed by atoms with Gasteiger partial charge in [0.05, 0.1) is 22.8 Å². The maximum absolute atomic E-state index is 11.0. The minimum Gasteiger partial charge on any atom is -0.507 e. The second kappa shape index (κ2) is 13.8. The van der Waals surface area contributed by atoms with Gasteiger partial charge in [0, 0.05) is 11.1 Å². The lowest BCUT2D eigenvalue weighted by Gasteiger charge is -2.12. The number of aromatic nitrogens is 2. The Morgan fingerprint density at radius 3 is 1.29 bits per heavy atom. The van der Waals surface area contributed by atoms with Gasteiger partial charge in [0.25, 0.3) is 0 Å². The zero-order valence-corrected chi connectivity index (χ0v) is 22.8. The number of para-hydroxylation sites is 2. The molecule has 0 saturated carbocycles. The quantitative estimate of drug-likeness (QED) is 0.177. The Morgan fingerprint density at radius 1 is 0.474 bits per heavy atom. The number of aryl methyl sites for hydroxylation is 2. The first-order valence-electron chi connectivity index (χ1n) is 14.2. The summed E-state index contributed by atoms with van der Waals surface area (Å²) in [6, 6.07) is 23.5. The Bertz CT molecular complexity index is 1230. The molecule has 0 spiro atoms. The maximum Gasteiger partial charge on any atom is 0.128 e. The molecule has 2 aromatic heterocycles. The molecule has 0 unspecified atom stereocenters. The van der Waals surface area contributed by atoms with Gasteiger partial charge in [-0.3, -0.25) is 0 Å². The van der Waals surface area contributed by atoms with Crippen molar-refractivity contribution in [2.24, 2.45) is 0 Å². The van der Waals surface area contributed by atoms with Crippen LogP contribution in [0.3, 0.4) is 0 Å². The highest BCUT2D eigenvalue weighted by Gasteiger charge is 2.14. The van der Waals surface area contributed by atoms with Crippen molar-refractivity contribution < 1.29 is 10.2 Å². The van der Waals surface area contributed by atoms with E-state index in [9.17, 15) is 10.2 Å². The molecule has 0 bridgehead atoms. The van der Waals surface area contributed by atoms with Gasteiger partial charge in [0.15, 0.2) is 0 Å². The zero-order chi connectivity index (χ0) is 26.7. The van der Waals surface area contributed by atoms with E-state index in [1.807, 2.05) is 72.8 Å². The molecule has 2 N–H and O–H groups in total. The fourth-order valence-electron chi connectivity index (χ4n) is 4.94. The number of pyridine rings is 2. The lowest BCUT2D eigenvalue weighted by molar-refractivity contribution is 0.467. The summed E-state index contributed by atoms with van der Waals surface area (Å²) in [5.74, 6) is 0.632. The molecule has 0 aliphatic rings. The minimum absolute atomic E-state index is 0.316. The molecule has 0 saturated heterocycles. The van der Waals surface area contributed by atoms with E-state index in [2.05, 4.69) is 13.8 Å². The van der Waals surface area contributed by atoms with Gasteiger partial charge in [-0.15, -0.1) is 0 Å². The maximum atomic E-state index is 11.0. The number of hydrogen-bond acceptors (Lipinski definition) is 4. The van der Waals surface area contributed by atoms with Crippen molar-refractivity contribution >= 4 is 0 Å². The van der Waals surface area contributed by atoms with Crippen LogP contribution in [0, 0.1) is 0 Å². The fourth-order valence-corrected chi connectivity index (χ4v) is 4.94. The molecule has 0 radical (unpaired) electrons. The number of phenols is 2. The van der Waals surface area contributed by atoms with Crippen LogP contribution in [-0.4, -0.2) is 20.2 Å². The molecule has 0 aliphatic heterocycles. The van der Waals surface area contributed by atoms with Crippen molar-refractivity contribution in [2.75, 3.05) is 0 Å². The molecule has 0 aliphatic carbocycles. The van der Waals surface area contributed by atoms with Crippen molar-refractivity contribution in [3.63, 3.8) is 0 Å². The summed E-state index contributed by atoms with van der Waals surface area (Å²) >= 11 is 0. The molecule has 4 nitrogen and oxygen atoms in total. The normalized spacial score (nSPS) is 11.1. The summed E-state index contributed by atoms with van der Waals surface area (Å²) in [6.07, 6.45) is 11.1. The summed E-state index contributed by atoms with van der Waals surface area (Å²) in [7, 11) is 0. The molecular weight excluding hydrogens is 468 g/mol. The molecule has 2 aromatic carbocycles. The van der Waals surface area contributed by atoms with Crippen molar-refractivity contribution in [1.82, 2.24) is 9.97 Å². The molecule has 198 valence electrons. The Morgan fingerprint density at radius 2 is 0.868 bits per heavy atom. The summed E-state index contributed by atoms with van der Waals surface area (Å²) in [5, 5.41) is 22.0. The highest BCUT2D eigenvalue weighted by molar-refractivity contribution is 5.73. The van der Waals surface area contributed by atoms with Crippen molar-refractivity contribution in [3.8, 4) is 45.4 Å². The Balaban J connectivity index is 1.58. The van der Waals surface area contributed by atoms with Crippen LogP contribution in [0.2, 0.25) is 0 Å². The second-order valence-corrected chi connectivity index (χ2v) is 10.1.